The lowest BCUT2D eigenvalue weighted by atomic mass is 10.2. The minimum Gasteiger partial charge on any atom is -0.467 e. The Hall–Kier alpha value is -2.09. The second-order valence-electron chi connectivity index (χ2n) is 10.4. The number of halogens is 6. The molecule has 38 heavy (non-hydrogen) atoms. The Morgan fingerprint density at radius 1 is 1.18 bits per heavy atom. The van der Waals surface area contributed by atoms with Gasteiger partial charge in [0, 0.05) is 12.1 Å². The quantitative estimate of drug-likeness (QED) is 0.241. The summed E-state index contributed by atoms with van der Waals surface area (Å²) >= 11 is 12.2. The largest absolute Gasteiger partial charge is 0.467 e. The summed E-state index contributed by atoms with van der Waals surface area (Å²) in [5.41, 5.74) is -0.458. The van der Waals surface area contributed by atoms with Gasteiger partial charge in [0.1, 0.15) is 32.3 Å². The molecule has 1 aliphatic rings. The molecule has 3 rings (SSSR count). The lowest BCUT2D eigenvalue weighted by Crippen LogP contribution is -2.60. The SMILES string of the molecule is CC(C)(C)[Si](C)(C)N(C(=O)c1cc(Cl)c(Oc2cnc(OCC(F)(F)F)c(Cl)c2)cc1F)S(=N)(=O)C1CC1. The Balaban J connectivity index is 1.93. The molecule has 1 atom stereocenters. The topological polar surface area (TPSA) is 92.6 Å². The first kappa shape index (κ1) is 30.4. The fourth-order valence-corrected chi connectivity index (χ4v) is 10.3. The molecule has 0 radical (unpaired) electrons. The summed E-state index contributed by atoms with van der Waals surface area (Å²) in [6.45, 7) is 7.71. The van der Waals surface area contributed by atoms with Crippen LogP contribution in [0.1, 0.15) is 44.0 Å². The number of benzene rings is 1. The van der Waals surface area contributed by atoms with Crippen LogP contribution < -0.4 is 9.47 Å². The molecule has 0 aliphatic heterocycles. The fourth-order valence-electron chi connectivity index (χ4n) is 3.28. The maximum Gasteiger partial charge on any atom is 0.422 e. The number of pyridine rings is 1. The number of carbonyl (C=O) groups excluding carboxylic acids is 1. The molecule has 0 saturated heterocycles. The molecule has 0 bridgehead atoms. The molecule has 1 aromatic heterocycles. The number of aromatic nitrogens is 1. The molecule has 1 N–H and O–H groups in total. The van der Waals surface area contributed by atoms with Crippen LogP contribution in [0.3, 0.4) is 0 Å². The van der Waals surface area contributed by atoms with Gasteiger partial charge in [0.15, 0.2) is 14.8 Å². The first-order chi connectivity index (χ1) is 17.3. The van der Waals surface area contributed by atoms with Gasteiger partial charge >= 0.3 is 6.18 Å². The Morgan fingerprint density at radius 3 is 2.29 bits per heavy atom. The van der Waals surface area contributed by atoms with Gasteiger partial charge < -0.3 is 9.47 Å². The molecular formula is C23H27Cl2F4N3O4SSi. The van der Waals surface area contributed by atoms with Crippen molar-refractivity contribution in [1.29, 1.82) is 4.78 Å². The molecule has 7 nitrogen and oxygen atoms in total. The van der Waals surface area contributed by atoms with E-state index in [4.69, 9.17) is 32.7 Å². The highest BCUT2D eigenvalue weighted by atomic mass is 35.5. The lowest BCUT2D eigenvalue weighted by Gasteiger charge is -2.46. The average molecular weight is 617 g/mol. The van der Waals surface area contributed by atoms with Crippen molar-refractivity contribution in [2.24, 2.45) is 0 Å². The normalized spacial score (nSPS) is 16.1. The monoisotopic (exact) mass is 615 g/mol. The zero-order chi connectivity index (χ0) is 28.8. The smallest absolute Gasteiger partial charge is 0.422 e. The number of alkyl halides is 3. The van der Waals surface area contributed by atoms with E-state index in [0.29, 0.717) is 12.8 Å². The van der Waals surface area contributed by atoms with Crippen molar-refractivity contribution in [3.8, 4) is 17.4 Å². The third-order valence-corrected chi connectivity index (χ3v) is 16.1. The Labute approximate surface area is 229 Å². The van der Waals surface area contributed by atoms with Crippen molar-refractivity contribution in [3.63, 3.8) is 0 Å². The van der Waals surface area contributed by atoms with Crippen molar-refractivity contribution in [1.82, 2.24) is 8.95 Å². The second kappa shape index (κ2) is 10.5. The van der Waals surface area contributed by atoms with Gasteiger partial charge in [0.2, 0.25) is 5.88 Å². The van der Waals surface area contributed by atoms with E-state index in [-0.39, 0.29) is 21.5 Å². The summed E-state index contributed by atoms with van der Waals surface area (Å²) in [5.74, 6) is -2.69. The van der Waals surface area contributed by atoms with Crippen LogP contribution in [0.15, 0.2) is 24.4 Å². The predicted octanol–water partition coefficient (Wildman–Crippen LogP) is 7.83. The van der Waals surface area contributed by atoms with Crippen molar-refractivity contribution >= 4 is 47.3 Å². The third kappa shape index (κ3) is 6.54. The molecule has 2 aromatic rings. The maximum absolute atomic E-state index is 15.3. The summed E-state index contributed by atoms with van der Waals surface area (Å²) in [6.07, 6.45) is -2.48. The van der Waals surface area contributed by atoms with Gasteiger partial charge in [0.25, 0.3) is 5.91 Å². The van der Waals surface area contributed by atoms with Crippen LogP contribution in [0.5, 0.6) is 17.4 Å². The summed E-state index contributed by atoms with van der Waals surface area (Å²) in [6, 6.07) is 2.99. The van der Waals surface area contributed by atoms with E-state index in [2.05, 4.69) is 9.72 Å². The van der Waals surface area contributed by atoms with E-state index in [1.54, 1.807) is 0 Å². The number of rotatable bonds is 8. The number of hydrogen-bond donors (Lipinski definition) is 1. The summed E-state index contributed by atoms with van der Waals surface area (Å²) in [7, 11) is -6.44. The van der Waals surface area contributed by atoms with Crippen molar-refractivity contribution in [2.45, 2.75) is 63.2 Å². The van der Waals surface area contributed by atoms with Crippen LogP contribution in [-0.2, 0) is 9.92 Å². The van der Waals surface area contributed by atoms with Gasteiger partial charge in [-0.3, -0.25) is 8.77 Å². The highest BCUT2D eigenvalue weighted by Crippen LogP contribution is 2.45. The Bertz CT molecular complexity index is 1350. The highest BCUT2D eigenvalue weighted by molar-refractivity contribution is 7.93. The summed E-state index contributed by atoms with van der Waals surface area (Å²) in [4.78, 5) is 17.3. The van der Waals surface area contributed by atoms with Crippen LogP contribution in [0.2, 0.25) is 28.2 Å². The molecule has 15 heteroatoms. The first-order valence-electron chi connectivity index (χ1n) is 11.4. The number of ether oxygens (including phenoxy) is 2. The van der Waals surface area contributed by atoms with Gasteiger partial charge in [-0.2, -0.15) is 13.2 Å². The number of nitrogens with zero attached hydrogens (tertiary/aromatic N) is 2. The molecule has 1 aromatic carbocycles. The van der Waals surface area contributed by atoms with Crippen molar-refractivity contribution < 1.29 is 36.0 Å². The molecule has 210 valence electrons. The third-order valence-electron chi connectivity index (χ3n) is 6.41. The highest BCUT2D eigenvalue weighted by Gasteiger charge is 2.52. The molecule has 1 amide bonds. The van der Waals surface area contributed by atoms with Crippen LogP contribution in [0.4, 0.5) is 17.6 Å². The van der Waals surface area contributed by atoms with Crippen LogP contribution >= 0.6 is 23.2 Å². The van der Waals surface area contributed by atoms with E-state index < -0.39 is 64.4 Å². The van der Waals surface area contributed by atoms with Gasteiger partial charge in [-0.1, -0.05) is 57.1 Å². The minimum atomic E-state index is -4.59. The van der Waals surface area contributed by atoms with Gasteiger partial charge in [0.05, 0.1) is 22.0 Å². The number of hydrogen-bond acceptors (Lipinski definition) is 6. The van der Waals surface area contributed by atoms with Gasteiger partial charge in [-0.15, -0.1) is 0 Å². The first-order valence-corrected chi connectivity index (χ1v) is 16.7. The lowest BCUT2D eigenvalue weighted by molar-refractivity contribution is -0.154. The van der Waals surface area contributed by atoms with Gasteiger partial charge in [-0.05, 0) is 23.9 Å². The van der Waals surface area contributed by atoms with Crippen molar-refractivity contribution in [3.05, 3.63) is 45.8 Å². The molecule has 1 fully saturated rings. The van der Waals surface area contributed by atoms with E-state index in [0.717, 1.165) is 28.4 Å². The van der Waals surface area contributed by atoms with Crippen LogP contribution in [0, 0.1) is 10.6 Å². The van der Waals surface area contributed by atoms with Crippen LogP contribution in [-0.4, -0.2) is 45.3 Å². The van der Waals surface area contributed by atoms with Crippen LogP contribution in [0.25, 0.3) is 0 Å². The number of nitrogens with one attached hydrogen (secondary N) is 1. The minimum absolute atomic E-state index is 0.0828. The number of amides is 1. The molecule has 1 aliphatic carbocycles. The summed E-state index contributed by atoms with van der Waals surface area (Å²) in [5, 5.41) is -1.42. The molecule has 1 saturated carbocycles. The Morgan fingerprint density at radius 2 is 1.79 bits per heavy atom. The van der Waals surface area contributed by atoms with E-state index in [9.17, 15) is 22.2 Å². The van der Waals surface area contributed by atoms with Crippen molar-refractivity contribution in [2.75, 3.05) is 6.61 Å². The van der Waals surface area contributed by atoms with E-state index in [1.807, 2.05) is 33.9 Å². The number of carbonyl (C=O) groups is 1. The fraction of sp³-hybridized carbons (Fsp3) is 0.478. The predicted molar refractivity (Wildman–Crippen MR) is 140 cm³/mol. The maximum atomic E-state index is 15.3. The molecule has 1 unspecified atom stereocenters. The molecule has 0 spiro atoms. The zero-order valence-electron chi connectivity index (χ0n) is 21.2. The average Bonchev–Trinajstić information content (AvgIpc) is 3.60. The summed E-state index contributed by atoms with van der Waals surface area (Å²) < 4.78 is 85.7. The second-order valence-corrected chi connectivity index (χ2v) is 18.8. The Kier molecular flexibility index (Phi) is 8.39. The van der Waals surface area contributed by atoms with E-state index >= 15 is 4.39 Å². The zero-order valence-corrected chi connectivity index (χ0v) is 24.5. The van der Waals surface area contributed by atoms with E-state index in [1.165, 1.54) is 0 Å². The molecule has 1 heterocycles. The molecular weight excluding hydrogens is 589 g/mol. The van der Waals surface area contributed by atoms with Gasteiger partial charge in [-0.25, -0.2) is 18.4 Å². The standard InChI is InChI=1S/C23H27Cl2F4N3O4SSi/c1-22(2,3)38(4,5)32(37(30,34)14-6-7-14)21(33)15-9-16(24)19(10-18(15)26)36-13-8-17(25)20(31-11-13)35-12-23(27,28)29/h8-11,14,30H,6-7,12H2,1-5H3.